The fraction of sp³-hybridized carbons (Fsp3) is 0.250. The molecule has 1 aromatic heterocycles. The third-order valence-corrected chi connectivity index (χ3v) is 4.51. The van der Waals surface area contributed by atoms with Gasteiger partial charge in [-0.15, -0.1) is 0 Å². The summed E-state index contributed by atoms with van der Waals surface area (Å²) < 4.78 is 30.6. The summed E-state index contributed by atoms with van der Waals surface area (Å²) in [4.78, 5) is 15.0. The van der Waals surface area contributed by atoms with Crippen LogP contribution in [-0.4, -0.2) is 28.7 Å². The predicted octanol–water partition coefficient (Wildman–Crippen LogP) is 3.64. The van der Waals surface area contributed by atoms with E-state index in [1.54, 1.807) is 6.07 Å². The molecule has 0 bridgehead atoms. The number of carboxylic acid groups (broad SMARTS) is 1. The lowest BCUT2D eigenvalue weighted by molar-refractivity contribution is -0.138. The van der Waals surface area contributed by atoms with Crippen molar-refractivity contribution < 1.29 is 23.4 Å². The number of hydrogen-bond acceptors (Lipinski definition) is 6. The van der Waals surface area contributed by atoms with Crippen molar-refractivity contribution in [3.63, 3.8) is 0 Å². The zero-order valence-electron chi connectivity index (χ0n) is 13.7. The van der Waals surface area contributed by atoms with Crippen LogP contribution in [0, 0.1) is 0 Å². The smallest absolute Gasteiger partial charge is 0.387 e. The summed E-state index contributed by atoms with van der Waals surface area (Å²) in [6.45, 7) is -3.06. The molecular formula is C16H16BrClF2N4O3. The van der Waals surface area contributed by atoms with Crippen LogP contribution in [-0.2, 0) is 4.79 Å². The van der Waals surface area contributed by atoms with Gasteiger partial charge < -0.3 is 26.6 Å². The van der Waals surface area contributed by atoms with Crippen LogP contribution in [0.15, 0.2) is 34.9 Å². The number of nitrogens with one attached hydrogen (secondary N) is 1. The molecule has 0 radical (unpaired) electrons. The third kappa shape index (κ3) is 5.65. The Hall–Kier alpha value is -2.17. The van der Waals surface area contributed by atoms with Crippen molar-refractivity contribution in [2.75, 3.05) is 11.1 Å². The largest absolute Gasteiger partial charge is 0.480 e. The Morgan fingerprint density at radius 3 is 2.78 bits per heavy atom. The van der Waals surface area contributed by atoms with Gasteiger partial charge in [0.1, 0.15) is 16.9 Å². The van der Waals surface area contributed by atoms with E-state index in [0.717, 1.165) is 0 Å². The van der Waals surface area contributed by atoms with Gasteiger partial charge in [-0.1, -0.05) is 33.6 Å². The van der Waals surface area contributed by atoms with Crippen molar-refractivity contribution >= 4 is 44.9 Å². The Bertz CT molecular complexity index is 828. The summed E-state index contributed by atoms with van der Waals surface area (Å²) >= 11 is 9.16. The minimum Gasteiger partial charge on any atom is -0.480 e. The van der Waals surface area contributed by atoms with E-state index < -0.39 is 24.7 Å². The monoisotopic (exact) mass is 464 g/mol. The molecule has 0 aliphatic heterocycles. The quantitative estimate of drug-likeness (QED) is 0.439. The van der Waals surface area contributed by atoms with Crippen LogP contribution in [0.1, 0.15) is 18.0 Å². The molecule has 0 unspecified atom stereocenters. The second-order valence-electron chi connectivity index (χ2n) is 5.50. The van der Waals surface area contributed by atoms with Gasteiger partial charge >= 0.3 is 12.6 Å². The summed E-state index contributed by atoms with van der Waals surface area (Å²) in [6.07, 6.45) is 1.17. The van der Waals surface area contributed by atoms with Crippen LogP contribution < -0.4 is 21.5 Å². The van der Waals surface area contributed by atoms with Crippen molar-refractivity contribution in [1.82, 2.24) is 4.98 Å². The number of pyridine rings is 1. The lowest BCUT2D eigenvalue weighted by atomic mass is 9.98. The molecule has 1 aromatic carbocycles. The maximum atomic E-state index is 12.8. The number of nitrogen functional groups attached to an aromatic ring is 1. The highest BCUT2D eigenvalue weighted by molar-refractivity contribution is 9.10. The van der Waals surface area contributed by atoms with E-state index in [4.69, 9.17) is 28.2 Å². The van der Waals surface area contributed by atoms with Crippen molar-refractivity contribution in [2.45, 2.75) is 25.1 Å². The number of ether oxygens (including phenoxy) is 1. The van der Waals surface area contributed by atoms with Crippen LogP contribution >= 0.6 is 27.5 Å². The number of nitrogens with two attached hydrogens (primary N) is 2. The average molecular weight is 466 g/mol. The topological polar surface area (TPSA) is 123 Å². The number of nitrogens with zero attached hydrogens (tertiary/aromatic N) is 1. The lowest BCUT2D eigenvalue weighted by Gasteiger charge is -2.26. The summed E-state index contributed by atoms with van der Waals surface area (Å²) in [5.74, 6) is -1.38. The number of alkyl halides is 2. The molecule has 0 aliphatic rings. The first-order valence-electron chi connectivity index (χ1n) is 7.58. The van der Waals surface area contributed by atoms with Crippen molar-refractivity contribution in [2.24, 2.45) is 5.73 Å². The third-order valence-electron chi connectivity index (χ3n) is 3.62. The van der Waals surface area contributed by atoms with Crippen LogP contribution in [0.2, 0.25) is 5.15 Å². The predicted molar refractivity (Wildman–Crippen MR) is 101 cm³/mol. The van der Waals surface area contributed by atoms with Gasteiger partial charge in [0.25, 0.3) is 0 Å². The molecule has 0 aliphatic carbocycles. The fourth-order valence-electron chi connectivity index (χ4n) is 2.41. The zero-order chi connectivity index (χ0) is 20.1. The number of aromatic nitrogens is 1. The Morgan fingerprint density at radius 1 is 1.44 bits per heavy atom. The molecule has 0 fully saturated rings. The normalized spacial score (nSPS) is 13.3. The molecule has 6 N–H and O–H groups in total. The number of halogens is 4. The standard InChI is InChI=1S/C16H16BrClF2N4O3/c17-7-2-1-3-12(27-16(19)20)14(7)11(4-8(21)15(25)26)24-10-5-13(18)23-6-9(10)22/h1-3,5-6,8,11,16H,4,21-22H2,(H,23,24)(H,25,26)/t8-,11-/m1/s1. The molecule has 0 saturated heterocycles. The molecule has 2 atom stereocenters. The van der Waals surface area contributed by atoms with Gasteiger partial charge in [0.15, 0.2) is 0 Å². The summed E-state index contributed by atoms with van der Waals surface area (Å²) in [7, 11) is 0. The van der Waals surface area contributed by atoms with Crippen LogP contribution in [0.25, 0.3) is 0 Å². The molecule has 0 spiro atoms. The van der Waals surface area contributed by atoms with Gasteiger partial charge in [-0.05, 0) is 18.6 Å². The highest BCUT2D eigenvalue weighted by Crippen LogP contribution is 2.38. The molecule has 27 heavy (non-hydrogen) atoms. The van der Waals surface area contributed by atoms with Crippen LogP contribution in [0.5, 0.6) is 5.75 Å². The average Bonchev–Trinajstić information content (AvgIpc) is 2.57. The number of rotatable bonds is 8. The van der Waals surface area contributed by atoms with E-state index in [-0.39, 0.29) is 28.6 Å². The van der Waals surface area contributed by atoms with E-state index >= 15 is 0 Å². The molecule has 11 heteroatoms. The molecule has 2 rings (SSSR count). The Balaban J connectivity index is 2.50. The minimum atomic E-state index is -3.06. The number of carboxylic acids is 1. The van der Waals surface area contributed by atoms with Gasteiger partial charge in [-0.3, -0.25) is 4.79 Å². The van der Waals surface area contributed by atoms with Gasteiger partial charge in [-0.2, -0.15) is 8.78 Å². The molecule has 0 saturated carbocycles. The molecule has 146 valence electrons. The number of aliphatic carboxylic acids is 1. The van der Waals surface area contributed by atoms with E-state index in [2.05, 4.69) is 31.0 Å². The molecule has 0 amide bonds. The Kier molecular flexibility index (Phi) is 7.17. The van der Waals surface area contributed by atoms with E-state index in [0.29, 0.717) is 10.2 Å². The summed E-state index contributed by atoms with van der Waals surface area (Å²) in [6, 6.07) is 3.79. The van der Waals surface area contributed by atoms with Gasteiger partial charge in [-0.25, -0.2) is 4.98 Å². The second kappa shape index (κ2) is 9.16. The highest BCUT2D eigenvalue weighted by atomic mass is 79.9. The maximum Gasteiger partial charge on any atom is 0.387 e. The number of anilines is 2. The molecular weight excluding hydrogens is 450 g/mol. The van der Waals surface area contributed by atoms with Crippen LogP contribution in [0.4, 0.5) is 20.2 Å². The van der Waals surface area contributed by atoms with Crippen molar-refractivity contribution in [3.8, 4) is 5.75 Å². The first-order chi connectivity index (χ1) is 12.7. The minimum absolute atomic E-state index is 0.131. The molecule has 1 heterocycles. The van der Waals surface area contributed by atoms with Crippen molar-refractivity contribution in [1.29, 1.82) is 0 Å². The summed E-state index contributed by atoms with van der Waals surface area (Å²) in [5, 5.41) is 12.3. The molecule has 7 nitrogen and oxygen atoms in total. The second-order valence-corrected chi connectivity index (χ2v) is 6.74. The molecule has 2 aromatic rings. The first kappa shape index (κ1) is 21.1. The SMILES string of the molecule is Nc1cnc(Cl)cc1N[C@H](C[C@@H](N)C(=O)O)c1c(Br)cccc1OC(F)F. The lowest BCUT2D eigenvalue weighted by Crippen LogP contribution is -2.34. The van der Waals surface area contributed by atoms with Gasteiger partial charge in [0.05, 0.1) is 23.6 Å². The van der Waals surface area contributed by atoms with E-state index in [1.807, 2.05) is 0 Å². The van der Waals surface area contributed by atoms with E-state index in [9.17, 15) is 13.6 Å². The maximum absolute atomic E-state index is 12.8. The number of benzene rings is 1. The first-order valence-corrected chi connectivity index (χ1v) is 8.75. The fourth-order valence-corrected chi connectivity index (χ4v) is 3.19. The van der Waals surface area contributed by atoms with Crippen LogP contribution in [0.3, 0.4) is 0 Å². The summed E-state index contributed by atoms with van der Waals surface area (Å²) in [5.41, 5.74) is 12.4. The number of hydrogen-bond donors (Lipinski definition) is 4. The highest BCUT2D eigenvalue weighted by Gasteiger charge is 2.26. The van der Waals surface area contributed by atoms with Crippen molar-refractivity contribution in [3.05, 3.63) is 45.7 Å². The number of carbonyl (C=O) groups is 1. The Labute approximate surface area is 166 Å². The van der Waals surface area contributed by atoms with E-state index in [1.165, 1.54) is 24.4 Å². The van der Waals surface area contributed by atoms with Gasteiger partial charge in [0.2, 0.25) is 0 Å². The zero-order valence-corrected chi connectivity index (χ0v) is 16.0. The Morgan fingerprint density at radius 2 is 2.15 bits per heavy atom. The van der Waals surface area contributed by atoms with Gasteiger partial charge in [0, 0.05) is 16.1 Å².